The molecule has 1 saturated heterocycles. The van der Waals surface area contributed by atoms with Crippen molar-refractivity contribution in [1.82, 2.24) is 5.32 Å². The summed E-state index contributed by atoms with van der Waals surface area (Å²) in [4.78, 5) is 24.0. The van der Waals surface area contributed by atoms with Crippen molar-refractivity contribution in [3.63, 3.8) is 0 Å². The number of carbonyl (C=O) groups is 2. The van der Waals surface area contributed by atoms with E-state index in [1.165, 1.54) is 0 Å². The topological polar surface area (TPSA) is 75.6 Å². The molecule has 1 rings (SSSR count). The van der Waals surface area contributed by atoms with Crippen LogP contribution in [-0.2, 0) is 14.3 Å². The van der Waals surface area contributed by atoms with Gasteiger partial charge >= 0.3 is 5.97 Å². The van der Waals surface area contributed by atoms with Crippen LogP contribution in [0.25, 0.3) is 0 Å². The zero-order chi connectivity index (χ0) is 12.1. The summed E-state index contributed by atoms with van der Waals surface area (Å²) in [5.74, 6) is -1.41. The third-order valence-electron chi connectivity index (χ3n) is 2.43. The van der Waals surface area contributed by atoms with Crippen molar-refractivity contribution in [2.45, 2.75) is 25.6 Å². The van der Waals surface area contributed by atoms with Crippen LogP contribution in [0.15, 0.2) is 11.1 Å². The van der Waals surface area contributed by atoms with Gasteiger partial charge in [-0.15, -0.1) is 0 Å². The van der Waals surface area contributed by atoms with Gasteiger partial charge in [0.1, 0.15) is 6.10 Å². The zero-order valence-electron chi connectivity index (χ0n) is 8.85. The predicted octanol–water partition coefficient (Wildman–Crippen LogP) is 0.889. The van der Waals surface area contributed by atoms with Gasteiger partial charge in [-0.25, -0.2) is 4.79 Å². The molecule has 0 aromatic rings. The van der Waals surface area contributed by atoms with Gasteiger partial charge in [0.15, 0.2) is 6.10 Å². The molecule has 5 nitrogen and oxygen atoms in total. The van der Waals surface area contributed by atoms with Crippen LogP contribution in [0.1, 0.15) is 13.3 Å². The number of hydrogen-bond donors (Lipinski definition) is 2. The predicted molar refractivity (Wildman–Crippen MR) is 61.2 cm³/mol. The third-order valence-corrected chi connectivity index (χ3v) is 2.81. The molecule has 2 N–H and O–H groups in total. The molecule has 1 fully saturated rings. The van der Waals surface area contributed by atoms with Gasteiger partial charge in [0.25, 0.3) is 0 Å². The lowest BCUT2D eigenvalue weighted by Crippen LogP contribution is -2.35. The number of hydrogen-bond acceptors (Lipinski definition) is 3. The van der Waals surface area contributed by atoms with E-state index in [-0.39, 0.29) is 11.8 Å². The number of carboxylic acid groups (broad SMARTS) is 1. The van der Waals surface area contributed by atoms with Crippen LogP contribution in [-0.4, -0.2) is 35.7 Å². The van der Waals surface area contributed by atoms with E-state index < -0.39 is 18.2 Å². The molecule has 1 aliphatic rings. The molecule has 1 heterocycles. The lowest BCUT2D eigenvalue weighted by molar-refractivity contribution is -0.153. The standard InChI is InChI=1S/C10H14BrNO4/c1-6-5-7(16-8(6)10(14)15)9(13)12-4-2-3-11/h2-3,6-8H,4-5H2,1H3,(H,12,13)(H,14,15)/b3-2+/t6-,7-,8-/m1/s1. The molecule has 0 radical (unpaired) electrons. The van der Waals surface area contributed by atoms with E-state index in [0.717, 1.165) is 0 Å². The Morgan fingerprint density at radius 3 is 2.81 bits per heavy atom. The summed E-state index contributed by atoms with van der Waals surface area (Å²) in [6.45, 7) is 2.17. The van der Waals surface area contributed by atoms with Gasteiger partial charge in [-0.1, -0.05) is 28.9 Å². The highest BCUT2D eigenvalue weighted by molar-refractivity contribution is 9.11. The first-order chi connectivity index (χ1) is 7.56. The number of nitrogens with one attached hydrogen (secondary N) is 1. The summed E-state index contributed by atoms with van der Waals surface area (Å²) in [5.41, 5.74) is 0. The highest BCUT2D eigenvalue weighted by atomic mass is 79.9. The molecule has 0 bridgehead atoms. The van der Waals surface area contributed by atoms with Gasteiger partial charge in [-0.05, 0) is 17.3 Å². The number of carboxylic acids is 1. The average molecular weight is 292 g/mol. The van der Waals surface area contributed by atoms with E-state index in [0.29, 0.717) is 13.0 Å². The van der Waals surface area contributed by atoms with Crippen LogP contribution in [0.2, 0.25) is 0 Å². The van der Waals surface area contributed by atoms with E-state index in [1.54, 1.807) is 18.0 Å². The second-order valence-electron chi connectivity index (χ2n) is 3.70. The number of amides is 1. The van der Waals surface area contributed by atoms with E-state index >= 15 is 0 Å². The van der Waals surface area contributed by atoms with Gasteiger partial charge < -0.3 is 15.2 Å². The minimum absolute atomic E-state index is 0.139. The van der Waals surface area contributed by atoms with Crippen molar-refractivity contribution in [1.29, 1.82) is 0 Å². The van der Waals surface area contributed by atoms with Crippen molar-refractivity contribution in [3.8, 4) is 0 Å². The highest BCUT2D eigenvalue weighted by Crippen LogP contribution is 2.26. The van der Waals surface area contributed by atoms with E-state index in [2.05, 4.69) is 21.2 Å². The van der Waals surface area contributed by atoms with Crippen molar-refractivity contribution >= 4 is 27.8 Å². The molecule has 1 aliphatic heterocycles. The quantitative estimate of drug-likeness (QED) is 0.807. The maximum absolute atomic E-state index is 11.6. The second-order valence-corrected chi connectivity index (χ2v) is 4.23. The Kier molecular flexibility index (Phi) is 4.95. The molecular formula is C10H14BrNO4. The Morgan fingerprint density at radius 2 is 2.31 bits per heavy atom. The number of rotatable bonds is 4. The third kappa shape index (κ3) is 3.31. The van der Waals surface area contributed by atoms with Gasteiger partial charge in [0.2, 0.25) is 5.91 Å². The fourth-order valence-electron chi connectivity index (χ4n) is 1.62. The Bertz CT molecular complexity index is 305. The van der Waals surface area contributed by atoms with Crippen molar-refractivity contribution in [2.24, 2.45) is 5.92 Å². The molecule has 16 heavy (non-hydrogen) atoms. The first-order valence-corrected chi connectivity index (χ1v) is 5.89. The number of carbonyl (C=O) groups excluding carboxylic acids is 1. The number of aliphatic carboxylic acids is 1. The molecule has 0 unspecified atom stereocenters. The van der Waals surface area contributed by atoms with Crippen LogP contribution in [0, 0.1) is 5.92 Å². The lowest BCUT2D eigenvalue weighted by Gasteiger charge is -2.10. The van der Waals surface area contributed by atoms with Crippen LogP contribution in [0.3, 0.4) is 0 Å². The first kappa shape index (κ1) is 13.2. The average Bonchev–Trinajstić information content (AvgIpc) is 2.60. The van der Waals surface area contributed by atoms with Gasteiger partial charge in [0.05, 0.1) is 0 Å². The fraction of sp³-hybridized carbons (Fsp3) is 0.600. The molecule has 0 aliphatic carbocycles. The van der Waals surface area contributed by atoms with Gasteiger partial charge in [-0.2, -0.15) is 0 Å². The molecule has 0 saturated carbocycles. The first-order valence-electron chi connectivity index (χ1n) is 4.97. The molecule has 1 amide bonds. The number of ether oxygens (including phenoxy) is 1. The Morgan fingerprint density at radius 1 is 1.62 bits per heavy atom. The monoisotopic (exact) mass is 291 g/mol. The Balaban J connectivity index is 2.45. The Labute approximate surface area is 102 Å². The largest absolute Gasteiger partial charge is 0.479 e. The van der Waals surface area contributed by atoms with Crippen molar-refractivity contribution < 1.29 is 19.4 Å². The Hall–Kier alpha value is -0.880. The van der Waals surface area contributed by atoms with Crippen LogP contribution in [0.4, 0.5) is 0 Å². The summed E-state index contributed by atoms with van der Waals surface area (Å²) in [7, 11) is 0. The molecule has 0 spiro atoms. The summed E-state index contributed by atoms with van der Waals surface area (Å²) in [5, 5.41) is 11.5. The summed E-state index contributed by atoms with van der Waals surface area (Å²) in [6.07, 6.45) is 0.647. The van der Waals surface area contributed by atoms with Crippen LogP contribution >= 0.6 is 15.9 Å². The molecule has 90 valence electrons. The van der Waals surface area contributed by atoms with E-state index in [9.17, 15) is 9.59 Å². The zero-order valence-corrected chi connectivity index (χ0v) is 10.4. The van der Waals surface area contributed by atoms with Crippen LogP contribution in [0.5, 0.6) is 0 Å². The maximum atomic E-state index is 11.6. The SMILES string of the molecule is C[C@@H]1C[C@H](C(=O)NC/C=C/Br)O[C@H]1C(=O)O. The van der Waals surface area contributed by atoms with E-state index in [1.807, 2.05) is 0 Å². The van der Waals surface area contributed by atoms with Gasteiger partial charge in [0, 0.05) is 6.54 Å². The highest BCUT2D eigenvalue weighted by Gasteiger charge is 2.40. The smallest absolute Gasteiger partial charge is 0.333 e. The fourth-order valence-corrected chi connectivity index (χ4v) is 1.80. The van der Waals surface area contributed by atoms with Crippen molar-refractivity contribution in [2.75, 3.05) is 6.54 Å². The number of halogens is 1. The second kappa shape index (κ2) is 6.00. The molecule has 3 atom stereocenters. The maximum Gasteiger partial charge on any atom is 0.333 e. The van der Waals surface area contributed by atoms with Crippen molar-refractivity contribution in [3.05, 3.63) is 11.1 Å². The normalized spacial score (nSPS) is 29.5. The molecule has 0 aromatic carbocycles. The van der Waals surface area contributed by atoms with Gasteiger partial charge in [-0.3, -0.25) is 4.79 Å². The lowest BCUT2D eigenvalue weighted by atomic mass is 10.0. The molecular weight excluding hydrogens is 278 g/mol. The summed E-state index contributed by atoms with van der Waals surface area (Å²) in [6, 6.07) is 0. The minimum atomic E-state index is -1.01. The molecule has 6 heteroatoms. The summed E-state index contributed by atoms with van der Waals surface area (Å²) < 4.78 is 5.18. The van der Waals surface area contributed by atoms with Crippen LogP contribution < -0.4 is 5.32 Å². The van der Waals surface area contributed by atoms with E-state index in [4.69, 9.17) is 9.84 Å². The summed E-state index contributed by atoms with van der Waals surface area (Å²) >= 11 is 3.08. The molecule has 0 aromatic heterocycles. The minimum Gasteiger partial charge on any atom is -0.479 e.